The average molecular weight is 285 g/mol. The smallest absolute Gasteiger partial charge is 0.119 e. The third-order valence-corrected chi connectivity index (χ3v) is 4.18. The molecule has 0 amide bonds. The summed E-state index contributed by atoms with van der Waals surface area (Å²) in [5.74, 6) is 0.877. The molecule has 0 saturated heterocycles. The van der Waals surface area contributed by atoms with Crippen LogP contribution in [0.25, 0.3) is 0 Å². The molecule has 1 heterocycles. The van der Waals surface area contributed by atoms with Crippen molar-refractivity contribution < 1.29 is 4.74 Å². The Kier molecular flexibility index (Phi) is 4.43. The molecule has 21 heavy (non-hydrogen) atoms. The fourth-order valence-corrected chi connectivity index (χ4v) is 2.92. The first-order valence-electron chi connectivity index (χ1n) is 7.77. The second kappa shape index (κ2) is 6.66. The fraction of sp³-hybridized carbons (Fsp3) is 0.471. The predicted molar refractivity (Wildman–Crippen MR) is 84.7 cm³/mol. The Bertz CT molecular complexity index is 556. The number of benzene rings is 1. The van der Waals surface area contributed by atoms with Gasteiger partial charge in [0.1, 0.15) is 5.75 Å². The summed E-state index contributed by atoms with van der Waals surface area (Å²) in [5.41, 5.74) is 2.18. The van der Waals surface area contributed by atoms with Gasteiger partial charge in [0, 0.05) is 11.9 Å². The summed E-state index contributed by atoms with van der Waals surface area (Å²) < 4.78 is 7.32. The molecule has 0 bridgehead atoms. The number of aromatic nitrogens is 2. The van der Waals surface area contributed by atoms with E-state index in [9.17, 15) is 0 Å². The third-order valence-electron chi connectivity index (χ3n) is 4.18. The molecule has 0 atom stereocenters. The molecule has 0 radical (unpaired) electrons. The van der Waals surface area contributed by atoms with E-state index < -0.39 is 0 Å². The second-order valence-electron chi connectivity index (χ2n) is 5.66. The van der Waals surface area contributed by atoms with E-state index in [4.69, 9.17) is 9.84 Å². The monoisotopic (exact) mass is 285 g/mol. The summed E-state index contributed by atoms with van der Waals surface area (Å²) in [6.45, 7) is 0.756. The Morgan fingerprint density at radius 1 is 1.14 bits per heavy atom. The molecule has 4 heteroatoms. The van der Waals surface area contributed by atoms with E-state index in [0.717, 1.165) is 23.7 Å². The van der Waals surface area contributed by atoms with Gasteiger partial charge < -0.3 is 10.1 Å². The summed E-state index contributed by atoms with van der Waals surface area (Å²) in [7, 11) is 1.68. The van der Waals surface area contributed by atoms with Gasteiger partial charge >= 0.3 is 0 Å². The molecule has 1 N–H and O–H groups in total. The summed E-state index contributed by atoms with van der Waals surface area (Å²) in [6.07, 6.45) is 8.72. The van der Waals surface area contributed by atoms with Crippen molar-refractivity contribution in [2.24, 2.45) is 0 Å². The van der Waals surface area contributed by atoms with Crippen molar-refractivity contribution in [3.8, 4) is 5.75 Å². The number of hydrogen-bond donors (Lipinski definition) is 1. The molecule has 0 spiro atoms. The van der Waals surface area contributed by atoms with E-state index in [0.29, 0.717) is 6.04 Å². The summed E-state index contributed by atoms with van der Waals surface area (Å²) >= 11 is 0. The maximum absolute atomic E-state index is 5.16. The van der Waals surface area contributed by atoms with Crippen LogP contribution >= 0.6 is 0 Å². The van der Waals surface area contributed by atoms with Crippen molar-refractivity contribution in [3.05, 3.63) is 42.2 Å². The highest BCUT2D eigenvalue weighted by Gasteiger charge is 2.15. The molecule has 1 aliphatic rings. The number of ether oxygens (including phenoxy) is 1. The number of nitrogens with zero attached hydrogens (tertiary/aromatic N) is 2. The van der Waals surface area contributed by atoms with Crippen LogP contribution < -0.4 is 10.1 Å². The fourth-order valence-electron chi connectivity index (χ4n) is 2.92. The Morgan fingerprint density at radius 3 is 2.62 bits per heavy atom. The summed E-state index contributed by atoms with van der Waals surface area (Å²) in [4.78, 5) is 0. The van der Waals surface area contributed by atoms with Gasteiger partial charge in [0.15, 0.2) is 0 Å². The maximum atomic E-state index is 5.16. The van der Waals surface area contributed by atoms with Crippen LogP contribution in [0.4, 0.5) is 5.69 Å². The molecule has 112 valence electrons. The van der Waals surface area contributed by atoms with E-state index in [1.54, 1.807) is 7.11 Å². The lowest BCUT2D eigenvalue weighted by Crippen LogP contribution is -2.13. The third kappa shape index (κ3) is 3.57. The molecular formula is C17H23N3O. The van der Waals surface area contributed by atoms with Crippen LogP contribution in [0.1, 0.15) is 43.8 Å². The number of hydrogen-bond acceptors (Lipinski definition) is 3. The largest absolute Gasteiger partial charge is 0.497 e. The Morgan fingerprint density at radius 2 is 1.90 bits per heavy atom. The molecule has 3 rings (SSSR count). The number of methoxy groups -OCH3 is 1. The van der Waals surface area contributed by atoms with Crippen molar-refractivity contribution in [1.82, 2.24) is 9.78 Å². The zero-order chi connectivity index (χ0) is 14.5. The van der Waals surface area contributed by atoms with Gasteiger partial charge in [-0.15, -0.1) is 0 Å². The maximum Gasteiger partial charge on any atom is 0.119 e. The Hall–Kier alpha value is -1.97. The van der Waals surface area contributed by atoms with E-state index in [2.05, 4.69) is 22.3 Å². The first-order valence-corrected chi connectivity index (χ1v) is 7.77. The number of rotatable bonds is 5. The SMILES string of the molecule is COc1ccc(NCc2ccn(C3CCCCC3)n2)cc1. The van der Waals surface area contributed by atoms with Crippen molar-refractivity contribution in [2.45, 2.75) is 44.7 Å². The Labute approximate surface area is 126 Å². The van der Waals surface area contributed by atoms with Crippen LogP contribution in [-0.4, -0.2) is 16.9 Å². The summed E-state index contributed by atoms with van der Waals surface area (Å²) in [5, 5.41) is 8.11. The average Bonchev–Trinajstić information content (AvgIpc) is 3.03. The van der Waals surface area contributed by atoms with Gasteiger partial charge in [0.05, 0.1) is 25.4 Å². The Balaban J connectivity index is 1.56. The van der Waals surface area contributed by atoms with Crippen LogP contribution in [0.5, 0.6) is 5.75 Å². The molecule has 0 unspecified atom stereocenters. The van der Waals surface area contributed by atoms with Crippen LogP contribution in [0.3, 0.4) is 0 Å². The van der Waals surface area contributed by atoms with Gasteiger partial charge in [-0.2, -0.15) is 5.10 Å². The zero-order valence-electron chi connectivity index (χ0n) is 12.6. The lowest BCUT2D eigenvalue weighted by molar-refractivity contribution is 0.328. The van der Waals surface area contributed by atoms with Crippen molar-refractivity contribution in [3.63, 3.8) is 0 Å². The standard InChI is InChI=1S/C17H23N3O/c1-21-17-9-7-14(8-10-17)18-13-15-11-12-20(19-15)16-5-3-2-4-6-16/h7-12,16,18H,2-6,13H2,1H3. The first-order chi connectivity index (χ1) is 10.3. The quantitative estimate of drug-likeness (QED) is 0.902. The number of nitrogens with one attached hydrogen (secondary N) is 1. The topological polar surface area (TPSA) is 39.1 Å². The van der Waals surface area contributed by atoms with Crippen molar-refractivity contribution in [1.29, 1.82) is 0 Å². The van der Waals surface area contributed by atoms with Gasteiger partial charge in [0.2, 0.25) is 0 Å². The van der Waals surface area contributed by atoms with Gasteiger partial charge in [-0.1, -0.05) is 19.3 Å². The van der Waals surface area contributed by atoms with Crippen molar-refractivity contribution in [2.75, 3.05) is 12.4 Å². The second-order valence-corrected chi connectivity index (χ2v) is 5.66. The summed E-state index contributed by atoms with van der Waals surface area (Å²) in [6, 6.07) is 10.7. The van der Waals surface area contributed by atoms with E-state index in [1.165, 1.54) is 32.1 Å². The normalized spacial score (nSPS) is 15.9. The molecule has 0 aliphatic heterocycles. The lowest BCUT2D eigenvalue weighted by Gasteiger charge is -2.21. The first kappa shape index (κ1) is 14.0. The molecule has 1 saturated carbocycles. The minimum atomic E-state index is 0.605. The molecule has 1 aromatic heterocycles. The molecule has 2 aromatic rings. The van der Waals surface area contributed by atoms with Crippen molar-refractivity contribution >= 4 is 5.69 Å². The molecule has 1 fully saturated rings. The molecule has 1 aromatic carbocycles. The molecule has 1 aliphatic carbocycles. The molecular weight excluding hydrogens is 262 g/mol. The van der Waals surface area contributed by atoms with E-state index >= 15 is 0 Å². The minimum Gasteiger partial charge on any atom is -0.497 e. The van der Waals surface area contributed by atoms with Gasteiger partial charge in [-0.25, -0.2) is 0 Å². The van der Waals surface area contributed by atoms with Gasteiger partial charge in [-0.3, -0.25) is 4.68 Å². The van der Waals surface area contributed by atoms with Crippen LogP contribution in [-0.2, 0) is 6.54 Å². The highest BCUT2D eigenvalue weighted by Crippen LogP contribution is 2.27. The zero-order valence-corrected chi connectivity index (χ0v) is 12.6. The van der Waals surface area contributed by atoms with Crippen LogP contribution in [0.2, 0.25) is 0 Å². The van der Waals surface area contributed by atoms with Crippen LogP contribution in [0, 0.1) is 0 Å². The minimum absolute atomic E-state index is 0.605. The van der Waals surface area contributed by atoms with Gasteiger partial charge in [0.25, 0.3) is 0 Å². The van der Waals surface area contributed by atoms with Gasteiger partial charge in [-0.05, 0) is 43.2 Å². The highest BCUT2D eigenvalue weighted by atomic mass is 16.5. The highest BCUT2D eigenvalue weighted by molar-refractivity contribution is 5.46. The lowest BCUT2D eigenvalue weighted by atomic mass is 9.96. The van der Waals surface area contributed by atoms with E-state index in [-0.39, 0.29) is 0 Å². The van der Waals surface area contributed by atoms with Crippen LogP contribution in [0.15, 0.2) is 36.5 Å². The number of anilines is 1. The predicted octanol–water partition coefficient (Wildman–Crippen LogP) is 4.01. The molecule has 4 nitrogen and oxygen atoms in total. The van der Waals surface area contributed by atoms with E-state index in [1.807, 2.05) is 24.3 Å².